The zero-order valence-electron chi connectivity index (χ0n) is 10.2. The summed E-state index contributed by atoms with van der Waals surface area (Å²) in [5, 5.41) is 6.71. The molecule has 0 aliphatic carbocycles. The topological polar surface area (TPSA) is 65.4 Å². The van der Waals surface area contributed by atoms with Crippen LogP contribution >= 0.6 is 0 Å². The van der Waals surface area contributed by atoms with E-state index in [0.29, 0.717) is 24.7 Å². The Morgan fingerprint density at radius 1 is 1.42 bits per heavy atom. The number of nitrogens with one attached hydrogen (secondary N) is 1. The fraction of sp³-hybridized carbons (Fsp3) is 0.231. The van der Waals surface area contributed by atoms with Gasteiger partial charge in [0.15, 0.2) is 0 Å². The van der Waals surface area contributed by atoms with Crippen molar-refractivity contribution in [1.29, 1.82) is 0 Å². The Morgan fingerprint density at radius 3 is 3.11 bits per heavy atom. The second-order valence-corrected chi connectivity index (χ2v) is 4.12. The highest BCUT2D eigenvalue weighted by Gasteiger charge is 2.19. The van der Waals surface area contributed by atoms with Crippen molar-refractivity contribution in [3.05, 3.63) is 42.1 Å². The number of carbonyl (C=O) groups excluding carboxylic acids is 1. The van der Waals surface area contributed by atoms with Gasteiger partial charge >= 0.3 is 6.09 Å². The number of benzene rings is 1. The number of hydrogen-bond donors (Lipinski definition) is 1. The van der Waals surface area contributed by atoms with E-state index in [1.54, 1.807) is 10.9 Å². The van der Waals surface area contributed by atoms with Crippen molar-refractivity contribution in [3.8, 4) is 5.88 Å². The molecular weight excluding hydrogens is 246 g/mol. The molecule has 2 heterocycles. The Hall–Kier alpha value is -2.50. The van der Waals surface area contributed by atoms with Gasteiger partial charge in [-0.1, -0.05) is 30.3 Å². The monoisotopic (exact) mass is 259 g/mol. The van der Waals surface area contributed by atoms with Crippen LogP contribution in [0.3, 0.4) is 0 Å². The highest BCUT2D eigenvalue weighted by atomic mass is 16.5. The minimum atomic E-state index is -0.518. The third-order valence-electron chi connectivity index (χ3n) is 2.78. The number of aromatic nitrogens is 2. The summed E-state index contributed by atoms with van der Waals surface area (Å²) in [7, 11) is 0. The molecule has 1 aromatic heterocycles. The number of fused-ring (bicyclic) bond motifs is 1. The molecule has 6 nitrogen and oxygen atoms in total. The molecule has 0 spiro atoms. The first-order chi connectivity index (χ1) is 9.33. The zero-order chi connectivity index (χ0) is 13.1. The van der Waals surface area contributed by atoms with Crippen LogP contribution in [0, 0.1) is 0 Å². The highest BCUT2D eigenvalue weighted by molar-refractivity contribution is 5.86. The SMILES string of the molecule is O=C(Nc1cnn2c1OCC2)OCc1ccccc1. The van der Waals surface area contributed by atoms with Gasteiger partial charge in [-0.2, -0.15) is 5.10 Å². The van der Waals surface area contributed by atoms with Gasteiger partial charge in [-0.15, -0.1) is 0 Å². The van der Waals surface area contributed by atoms with Crippen LogP contribution in [0.2, 0.25) is 0 Å². The maximum atomic E-state index is 11.7. The van der Waals surface area contributed by atoms with E-state index in [1.807, 2.05) is 30.3 Å². The van der Waals surface area contributed by atoms with Crippen LogP contribution in [0.1, 0.15) is 5.56 Å². The molecule has 19 heavy (non-hydrogen) atoms. The van der Waals surface area contributed by atoms with Gasteiger partial charge in [0.1, 0.15) is 18.9 Å². The number of ether oxygens (including phenoxy) is 2. The fourth-order valence-corrected chi connectivity index (χ4v) is 1.87. The van der Waals surface area contributed by atoms with Gasteiger partial charge in [0.25, 0.3) is 0 Å². The summed E-state index contributed by atoms with van der Waals surface area (Å²) in [6.45, 7) is 1.52. The number of anilines is 1. The average molecular weight is 259 g/mol. The van der Waals surface area contributed by atoms with E-state index >= 15 is 0 Å². The Bertz CT molecular complexity index is 580. The van der Waals surface area contributed by atoms with E-state index in [-0.39, 0.29) is 6.61 Å². The molecule has 0 saturated carbocycles. The van der Waals surface area contributed by atoms with Crippen LogP contribution in [0.15, 0.2) is 36.5 Å². The minimum Gasteiger partial charge on any atom is -0.474 e. The number of nitrogens with zero attached hydrogens (tertiary/aromatic N) is 2. The van der Waals surface area contributed by atoms with Crippen molar-refractivity contribution >= 4 is 11.8 Å². The van der Waals surface area contributed by atoms with Crippen LogP contribution in [0.4, 0.5) is 10.5 Å². The molecule has 3 rings (SSSR count). The lowest BCUT2D eigenvalue weighted by molar-refractivity contribution is 0.155. The molecule has 1 amide bonds. The van der Waals surface area contributed by atoms with E-state index in [0.717, 1.165) is 5.56 Å². The molecule has 0 fully saturated rings. The lowest BCUT2D eigenvalue weighted by Gasteiger charge is -2.06. The minimum absolute atomic E-state index is 0.233. The summed E-state index contributed by atoms with van der Waals surface area (Å²) >= 11 is 0. The largest absolute Gasteiger partial charge is 0.474 e. The molecule has 1 aliphatic rings. The van der Waals surface area contributed by atoms with Crippen LogP contribution in [-0.2, 0) is 17.9 Å². The van der Waals surface area contributed by atoms with E-state index in [4.69, 9.17) is 9.47 Å². The van der Waals surface area contributed by atoms with Crippen molar-refractivity contribution in [1.82, 2.24) is 9.78 Å². The molecule has 98 valence electrons. The van der Waals surface area contributed by atoms with Gasteiger partial charge in [-0.25, -0.2) is 9.48 Å². The second-order valence-electron chi connectivity index (χ2n) is 4.12. The van der Waals surface area contributed by atoms with Crippen molar-refractivity contribution in [2.45, 2.75) is 13.2 Å². The predicted molar refractivity (Wildman–Crippen MR) is 68.0 cm³/mol. The van der Waals surface area contributed by atoms with Crippen molar-refractivity contribution in [3.63, 3.8) is 0 Å². The maximum absolute atomic E-state index is 11.7. The van der Waals surface area contributed by atoms with Gasteiger partial charge in [0.2, 0.25) is 5.88 Å². The highest BCUT2D eigenvalue weighted by Crippen LogP contribution is 2.27. The lowest BCUT2D eigenvalue weighted by atomic mass is 10.2. The molecule has 0 bridgehead atoms. The summed E-state index contributed by atoms with van der Waals surface area (Å²) in [6.07, 6.45) is 1.04. The summed E-state index contributed by atoms with van der Waals surface area (Å²) in [5.74, 6) is 0.580. The van der Waals surface area contributed by atoms with E-state index < -0.39 is 6.09 Å². The van der Waals surface area contributed by atoms with Crippen LogP contribution in [0.25, 0.3) is 0 Å². The standard InChI is InChI=1S/C13H13N3O3/c17-13(19-9-10-4-2-1-3-5-10)15-11-8-14-16-6-7-18-12(11)16/h1-5,8H,6-7,9H2,(H,15,17). The summed E-state index contributed by atoms with van der Waals surface area (Å²) in [6, 6.07) is 9.50. The Kier molecular flexibility index (Phi) is 3.06. The van der Waals surface area contributed by atoms with Gasteiger partial charge in [0.05, 0.1) is 12.7 Å². The van der Waals surface area contributed by atoms with E-state index in [9.17, 15) is 4.79 Å². The summed E-state index contributed by atoms with van der Waals surface area (Å²) in [4.78, 5) is 11.7. The van der Waals surface area contributed by atoms with Crippen molar-refractivity contribution < 1.29 is 14.3 Å². The van der Waals surface area contributed by atoms with Crippen LogP contribution in [-0.4, -0.2) is 22.5 Å². The maximum Gasteiger partial charge on any atom is 0.412 e. The molecule has 1 N–H and O–H groups in total. The molecule has 6 heteroatoms. The normalized spacial score (nSPS) is 12.6. The second kappa shape index (κ2) is 5.01. The molecule has 1 aliphatic heterocycles. The average Bonchev–Trinajstić information content (AvgIpc) is 3.03. The van der Waals surface area contributed by atoms with Crippen molar-refractivity contribution in [2.24, 2.45) is 0 Å². The summed E-state index contributed by atoms with van der Waals surface area (Å²) in [5.41, 5.74) is 1.48. The van der Waals surface area contributed by atoms with Gasteiger partial charge in [-0.05, 0) is 5.56 Å². The molecule has 0 saturated heterocycles. The van der Waals surface area contributed by atoms with Gasteiger partial charge in [-0.3, -0.25) is 5.32 Å². The lowest BCUT2D eigenvalue weighted by Crippen LogP contribution is -2.13. The molecule has 0 radical (unpaired) electrons. The van der Waals surface area contributed by atoms with Gasteiger partial charge in [0, 0.05) is 0 Å². The smallest absolute Gasteiger partial charge is 0.412 e. The van der Waals surface area contributed by atoms with Gasteiger partial charge < -0.3 is 9.47 Å². The van der Waals surface area contributed by atoms with E-state index in [1.165, 1.54) is 0 Å². The van der Waals surface area contributed by atoms with Crippen molar-refractivity contribution in [2.75, 3.05) is 11.9 Å². The number of carbonyl (C=O) groups is 1. The van der Waals surface area contributed by atoms with Crippen LogP contribution < -0.4 is 10.1 Å². The number of rotatable bonds is 3. The third-order valence-corrected chi connectivity index (χ3v) is 2.78. The molecular formula is C13H13N3O3. The Balaban J connectivity index is 1.57. The summed E-state index contributed by atoms with van der Waals surface area (Å²) < 4.78 is 12.2. The first kappa shape index (κ1) is 11.6. The fourth-order valence-electron chi connectivity index (χ4n) is 1.87. The quantitative estimate of drug-likeness (QED) is 0.915. The number of hydrogen-bond acceptors (Lipinski definition) is 4. The first-order valence-corrected chi connectivity index (χ1v) is 5.99. The molecule has 2 aromatic rings. The number of amides is 1. The first-order valence-electron chi connectivity index (χ1n) is 5.99. The Morgan fingerprint density at radius 2 is 2.26 bits per heavy atom. The third kappa shape index (κ3) is 2.52. The molecule has 0 atom stereocenters. The van der Waals surface area contributed by atoms with E-state index in [2.05, 4.69) is 10.4 Å². The molecule has 0 unspecified atom stereocenters. The predicted octanol–water partition coefficient (Wildman–Crippen LogP) is 2.02. The molecule has 1 aromatic carbocycles. The zero-order valence-corrected chi connectivity index (χ0v) is 10.2. The Labute approximate surface area is 109 Å². The van der Waals surface area contributed by atoms with Crippen LogP contribution in [0.5, 0.6) is 5.88 Å².